The lowest BCUT2D eigenvalue weighted by molar-refractivity contribution is -0.152. The molecule has 10 heteroatoms. The predicted molar refractivity (Wildman–Crippen MR) is 187 cm³/mol. The maximum absolute atomic E-state index is 15.1. The van der Waals surface area contributed by atoms with Crippen LogP contribution in [-0.2, 0) is 23.9 Å². The van der Waals surface area contributed by atoms with Crippen LogP contribution in [0.1, 0.15) is 110 Å². The summed E-state index contributed by atoms with van der Waals surface area (Å²) in [6.45, 7) is 9.69. The second-order valence-corrected chi connectivity index (χ2v) is 22.2. The number of fused-ring (bicyclic) bond motifs is 1. The van der Waals surface area contributed by atoms with Crippen LogP contribution in [0.5, 0.6) is 0 Å². The third kappa shape index (κ3) is 5.82. The fourth-order valence-corrected chi connectivity index (χ4v) is 16.7. The van der Waals surface area contributed by atoms with E-state index in [-0.39, 0.29) is 42.0 Å². The van der Waals surface area contributed by atoms with E-state index in [9.17, 15) is 14.7 Å². The van der Waals surface area contributed by atoms with Gasteiger partial charge in [0.05, 0.1) is 39.4 Å². The molecule has 4 aliphatic heterocycles. The average Bonchev–Trinajstić information content (AvgIpc) is 3.75. The lowest BCUT2D eigenvalue weighted by Gasteiger charge is -2.45. The number of nitrogens with zero attached hydrogens (tertiary/aromatic N) is 3. The molecule has 268 valence electrons. The molecule has 5 atom stereocenters. The highest BCUT2D eigenvalue weighted by Gasteiger charge is 2.67. The Kier molecular flexibility index (Phi) is 9.94. The Labute approximate surface area is 289 Å². The van der Waals surface area contributed by atoms with Crippen LogP contribution in [0.3, 0.4) is 0 Å². The number of aliphatic hydroxyl groups excluding tert-OH is 1. The molecule has 0 bridgehead atoms. The Morgan fingerprint density at radius 2 is 1.69 bits per heavy atom. The third-order valence-electron chi connectivity index (χ3n) is 14.5. The average molecular weight is 684 g/mol. The number of ether oxygens (including phenoxy) is 2. The maximum Gasteiger partial charge on any atom is 0.263 e. The van der Waals surface area contributed by atoms with Gasteiger partial charge in [0.2, 0.25) is 11.8 Å². The molecule has 0 radical (unpaired) electrons. The van der Waals surface area contributed by atoms with Crippen LogP contribution >= 0.6 is 0 Å². The molecule has 0 aromatic rings. The SMILES string of the molecule is COC1CCC([Si](C)(C)[C@H]2[C@H](CC(=O)N3CCC[C@H]3CO)O[C@@]3(C(=O)N(CC4CCC(N5CCC5=O)CC4)C4=C3CCCC4)[C@@H]2C)CC1. The van der Waals surface area contributed by atoms with Crippen LogP contribution in [-0.4, -0.2) is 109 Å². The van der Waals surface area contributed by atoms with E-state index in [0.717, 1.165) is 103 Å². The Hall–Kier alpha value is -1.75. The zero-order valence-corrected chi connectivity index (χ0v) is 31.1. The summed E-state index contributed by atoms with van der Waals surface area (Å²) >= 11 is 0. The Balaban J connectivity index is 1.16. The summed E-state index contributed by atoms with van der Waals surface area (Å²) in [5.74, 6) is 0.972. The number of carbonyl (C=O) groups is 3. The summed E-state index contributed by atoms with van der Waals surface area (Å²) in [6, 6.07) is 0.265. The Morgan fingerprint density at radius 3 is 2.33 bits per heavy atom. The fourth-order valence-electron chi connectivity index (χ4n) is 11.7. The van der Waals surface area contributed by atoms with Gasteiger partial charge in [-0.15, -0.1) is 0 Å². The van der Waals surface area contributed by atoms with E-state index in [1.54, 1.807) is 0 Å². The highest BCUT2D eigenvalue weighted by atomic mass is 28.3. The first-order valence-corrected chi connectivity index (χ1v) is 22.7. The van der Waals surface area contributed by atoms with Crippen molar-refractivity contribution in [2.45, 2.75) is 164 Å². The summed E-state index contributed by atoms with van der Waals surface area (Å²) in [5, 5.41) is 10.0. The van der Waals surface area contributed by atoms with Gasteiger partial charge < -0.3 is 29.3 Å². The molecule has 0 aromatic carbocycles. The van der Waals surface area contributed by atoms with Crippen molar-refractivity contribution in [1.29, 1.82) is 0 Å². The van der Waals surface area contributed by atoms with Crippen LogP contribution in [0.4, 0.5) is 0 Å². The van der Waals surface area contributed by atoms with E-state index in [4.69, 9.17) is 9.47 Å². The van der Waals surface area contributed by atoms with Crippen molar-refractivity contribution in [3.63, 3.8) is 0 Å². The molecule has 1 N–H and O–H groups in total. The fraction of sp³-hybridized carbons (Fsp3) is 0.868. The topological polar surface area (TPSA) is 99.6 Å². The summed E-state index contributed by atoms with van der Waals surface area (Å²) in [6.07, 6.45) is 15.4. The van der Waals surface area contributed by atoms with Crippen molar-refractivity contribution in [1.82, 2.24) is 14.7 Å². The maximum atomic E-state index is 15.1. The molecule has 0 unspecified atom stereocenters. The molecule has 2 saturated carbocycles. The van der Waals surface area contributed by atoms with Crippen molar-refractivity contribution < 1.29 is 29.0 Å². The number of β-lactam (4-membered cyclic amide) rings is 1. The molecular formula is C38H61N3O6Si. The molecule has 7 rings (SSSR count). The third-order valence-corrected chi connectivity index (χ3v) is 19.8. The first kappa shape index (κ1) is 34.7. The quantitative estimate of drug-likeness (QED) is 0.250. The largest absolute Gasteiger partial charge is 0.394 e. The van der Waals surface area contributed by atoms with E-state index in [0.29, 0.717) is 48.9 Å². The smallest absolute Gasteiger partial charge is 0.263 e. The number of rotatable bonds is 9. The Bertz CT molecular complexity index is 1270. The van der Waals surface area contributed by atoms with Gasteiger partial charge in [-0.1, -0.05) is 32.9 Å². The van der Waals surface area contributed by atoms with E-state index in [1.165, 1.54) is 11.3 Å². The molecular weight excluding hydrogens is 623 g/mol. The van der Waals surface area contributed by atoms with Crippen LogP contribution < -0.4 is 0 Å². The highest BCUT2D eigenvalue weighted by molar-refractivity contribution is 6.80. The number of carbonyl (C=O) groups excluding carboxylic acids is 3. The molecule has 9 nitrogen and oxygen atoms in total. The van der Waals surface area contributed by atoms with Crippen LogP contribution in [0.25, 0.3) is 0 Å². The van der Waals surface area contributed by atoms with Gasteiger partial charge in [0.25, 0.3) is 5.91 Å². The second kappa shape index (κ2) is 13.8. The molecule has 7 aliphatic rings. The monoisotopic (exact) mass is 683 g/mol. The molecule has 3 aliphatic carbocycles. The summed E-state index contributed by atoms with van der Waals surface area (Å²) in [4.78, 5) is 47.4. The minimum atomic E-state index is -2.06. The number of allylic oxidation sites excluding steroid dienone is 1. The molecule has 3 amide bonds. The van der Waals surface area contributed by atoms with E-state index in [1.807, 2.05) is 12.0 Å². The van der Waals surface area contributed by atoms with E-state index < -0.39 is 13.7 Å². The second-order valence-electron chi connectivity index (χ2n) is 17.1. The zero-order chi connectivity index (χ0) is 33.8. The van der Waals surface area contributed by atoms with Gasteiger partial charge in [-0.25, -0.2) is 0 Å². The van der Waals surface area contributed by atoms with E-state index in [2.05, 4.69) is 29.8 Å². The molecule has 3 saturated heterocycles. The molecule has 1 spiro atoms. The van der Waals surface area contributed by atoms with Gasteiger partial charge >= 0.3 is 0 Å². The summed E-state index contributed by atoms with van der Waals surface area (Å²) < 4.78 is 13.1. The number of hydrogen-bond acceptors (Lipinski definition) is 6. The van der Waals surface area contributed by atoms with Gasteiger partial charge in [0, 0.05) is 50.8 Å². The van der Waals surface area contributed by atoms with Gasteiger partial charge in [-0.2, -0.15) is 0 Å². The molecule has 48 heavy (non-hydrogen) atoms. The van der Waals surface area contributed by atoms with Crippen molar-refractivity contribution in [3.05, 3.63) is 11.3 Å². The van der Waals surface area contributed by atoms with Crippen molar-refractivity contribution in [2.24, 2.45) is 11.8 Å². The normalized spacial score (nSPS) is 39.1. The highest BCUT2D eigenvalue weighted by Crippen LogP contribution is 2.61. The first-order valence-electron chi connectivity index (χ1n) is 19.5. The molecule has 5 fully saturated rings. The predicted octanol–water partition coefficient (Wildman–Crippen LogP) is 5.63. The van der Waals surface area contributed by atoms with Crippen molar-refractivity contribution in [3.8, 4) is 0 Å². The minimum Gasteiger partial charge on any atom is -0.394 e. The summed E-state index contributed by atoms with van der Waals surface area (Å²) in [5.41, 5.74) is 2.27. The van der Waals surface area contributed by atoms with Crippen LogP contribution in [0.15, 0.2) is 11.3 Å². The number of hydrogen-bond donors (Lipinski definition) is 1. The van der Waals surface area contributed by atoms with Crippen LogP contribution in [0, 0.1) is 11.8 Å². The van der Waals surface area contributed by atoms with Gasteiger partial charge in [-0.05, 0) is 99.6 Å². The molecule has 0 aromatic heterocycles. The Morgan fingerprint density at radius 1 is 0.958 bits per heavy atom. The van der Waals surface area contributed by atoms with Gasteiger partial charge in [0.15, 0.2) is 5.60 Å². The van der Waals surface area contributed by atoms with E-state index >= 15 is 4.79 Å². The number of aliphatic hydroxyl groups is 1. The minimum absolute atomic E-state index is 0.00393. The number of likely N-dealkylation sites (tertiary alicyclic amines) is 2. The zero-order valence-electron chi connectivity index (χ0n) is 30.1. The summed E-state index contributed by atoms with van der Waals surface area (Å²) in [7, 11) is -0.233. The van der Waals surface area contributed by atoms with Crippen molar-refractivity contribution in [2.75, 3.05) is 33.4 Å². The van der Waals surface area contributed by atoms with Gasteiger partial charge in [-0.3, -0.25) is 14.4 Å². The molecule has 4 heterocycles. The first-order chi connectivity index (χ1) is 23.1. The number of amides is 3. The lowest BCUT2D eigenvalue weighted by Crippen LogP contribution is -2.52. The number of methoxy groups -OCH3 is 1. The standard InChI is InChI=1S/C38H61N3O6Si/c1-25-36(48(3,4)30-17-15-29(46-2)16-18-30)33(22-35(44)39-20-7-8-28(39)24-42)47-38(25)31-9-5-6-10-32(31)41(37(38)45)23-26-11-13-27(14-12-26)40-21-19-34(40)43/h25-30,33,36,42H,5-24H2,1-4H3/t25-,26?,27?,28+,29?,30?,33+,36-,38+/m1/s1. The van der Waals surface area contributed by atoms with Crippen LogP contribution in [0.2, 0.25) is 24.2 Å². The lowest BCUT2D eigenvalue weighted by atomic mass is 9.78. The van der Waals surface area contributed by atoms with Gasteiger partial charge in [0.1, 0.15) is 0 Å². The van der Waals surface area contributed by atoms with Crippen molar-refractivity contribution >= 4 is 25.8 Å².